The molecule has 144 valence electrons. The first kappa shape index (κ1) is 18.5. The number of anilines is 2. The van der Waals surface area contributed by atoms with Gasteiger partial charge in [0, 0.05) is 11.7 Å². The Hall–Kier alpha value is -2.87. The molecule has 6 nitrogen and oxygen atoms in total. The highest BCUT2D eigenvalue weighted by Gasteiger charge is 2.42. The molecule has 0 aliphatic carbocycles. The minimum absolute atomic E-state index is 0.132. The van der Waals surface area contributed by atoms with Gasteiger partial charge in [0.25, 0.3) is 0 Å². The molecule has 3 atom stereocenters. The first-order valence-electron chi connectivity index (χ1n) is 8.95. The van der Waals surface area contributed by atoms with Gasteiger partial charge in [-0.1, -0.05) is 42.1 Å². The summed E-state index contributed by atoms with van der Waals surface area (Å²) in [6, 6.07) is 14.9. The van der Waals surface area contributed by atoms with E-state index in [0.717, 1.165) is 11.3 Å². The Labute approximate surface area is 166 Å². The number of fused-ring (bicyclic) bond motifs is 1. The summed E-state index contributed by atoms with van der Waals surface area (Å²) in [5.74, 6) is -0.309. The lowest BCUT2D eigenvalue weighted by molar-refractivity contribution is -0.121. The fourth-order valence-electron chi connectivity index (χ4n) is 3.53. The Bertz CT molecular complexity index is 976. The van der Waals surface area contributed by atoms with Crippen LogP contribution in [0, 0.1) is 11.7 Å². The van der Waals surface area contributed by atoms with Crippen LogP contribution in [0.25, 0.3) is 0 Å². The predicted molar refractivity (Wildman–Crippen MR) is 108 cm³/mol. The number of thioether (sulfide) groups is 1. The maximum Gasteiger partial charge on any atom is 0.232 e. The van der Waals surface area contributed by atoms with Crippen LogP contribution in [-0.2, 0) is 4.79 Å². The number of aromatic nitrogens is 3. The molecule has 2 heterocycles. The highest BCUT2D eigenvalue weighted by molar-refractivity contribution is 7.98. The van der Waals surface area contributed by atoms with Gasteiger partial charge >= 0.3 is 0 Å². The van der Waals surface area contributed by atoms with E-state index in [-0.39, 0.29) is 17.8 Å². The summed E-state index contributed by atoms with van der Waals surface area (Å²) in [5.41, 5.74) is 1.54. The fourth-order valence-corrected chi connectivity index (χ4v) is 3.87. The van der Waals surface area contributed by atoms with E-state index in [1.165, 1.54) is 23.9 Å². The second-order valence-electron chi connectivity index (χ2n) is 6.68. The first-order valence-corrected chi connectivity index (χ1v) is 10.2. The van der Waals surface area contributed by atoms with Crippen LogP contribution in [0.2, 0.25) is 0 Å². The normalized spacial score (nSPS) is 20.9. The summed E-state index contributed by atoms with van der Waals surface area (Å²) >= 11 is 1.43. The molecule has 0 unspecified atom stereocenters. The zero-order valence-electron chi connectivity index (χ0n) is 15.5. The van der Waals surface area contributed by atoms with E-state index in [0.29, 0.717) is 11.1 Å². The van der Waals surface area contributed by atoms with Crippen molar-refractivity contribution < 1.29 is 9.18 Å². The third-order valence-electron chi connectivity index (χ3n) is 4.85. The largest absolute Gasteiger partial charge is 0.351 e. The number of halogens is 1. The zero-order valence-corrected chi connectivity index (χ0v) is 16.3. The van der Waals surface area contributed by atoms with Gasteiger partial charge in [0.2, 0.25) is 17.0 Å². The summed E-state index contributed by atoms with van der Waals surface area (Å²) < 4.78 is 15.2. The number of nitrogens with one attached hydrogen (secondary N) is 2. The van der Waals surface area contributed by atoms with Gasteiger partial charge in [-0.2, -0.15) is 4.98 Å². The van der Waals surface area contributed by atoms with Gasteiger partial charge in [-0.3, -0.25) is 4.79 Å². The molecule has 1 aliphatic heterocycles. The SMILES string of the molecule is CSc1nc2n(n1)[C@@H](c1ccc(F)cc1)[C@@H](C(=O)Nc1ccccc1)[C@@H](C)N2. The van der Waals surface area contributed by atoms with Gasteiger partial charge in [0.15, 0.2) is 0 Å². The quantitative estimate of drug-likeness (QED) is 0.656. The Morgan fingerprint density at radius 2 is 1.89 bits per heavy atom. The standard InChI is InChI=1S/C20H20FN5OS/c1-12-16(18(27)23-15-6-4-3-5-7-15)17(13-8-10-14(21)11-9-13)26-19(22-12)24-20(25-26)28-2/h3-12,16-17H,1-2H3,(H,23,27)(H,22,24,25)/t12-,16+,17+/m1/s1. The van der Waals surface area contributed by atoms with Crippen LogP contribution in [0.15, 0.2) is 59.8 Å². The number of nitrogens with zero attached hydrogens (tertiary/aromatic N) is 3. The lowest BCUT2D eigenvalue weighted by atomic mass is 9.85. The van der Waals surface area contributed by atoms with Gasteiger partial charge in [0.1, 0.15) is 5.82 Å². The summed E-state index contributed by atoms with van der Waals surface area (Å²) in [6.45, 7) is 1.95. The highest BCUT2D eigenvalue weighted by atomic mass is 32.2. The van der Waals surface area contributed by atoms with Crippen molar-refractivity contribution in [2.24, 2.45) is 5.92 Å². The Kier molecular flexibility index (Phi) is 5.04. The molecule has 8 heteroatoms. The van der Waals surface area contributed by atoms with Crippen LogP contribution < -0.4 is 10.6 Å². The van der Waals surface area contributed by atoms with Gasteiger partial charge in [-0.25, -0.2) is 9.07 Å². The second-order valence-corrected chi connectivity index (χ2v) is 7.45. The van der Waals surface area contributed by atoms with Gasteiger partial charge in [-0.05, 0) is 43.0 Å². The predicted octanol–water partition coefficient (Wildman–Crippen LogP) is 3.80. The molecule has 28 heavy (non-hydrogen) atoms. The molecule has 2 N–H and O–H groups in total. The van der Waals surface area contributed by atoms with E-state index in [2.05, 4.69) is 20.7 Å². The van der Waals surface area contributed by atoms with E-state index in [9.17, 15) is 9.18 Å². The Morgan fingerprint density at radius 3 is 2.57 bits per heavy atom. The molecular formula is C20H20FN5OS. The molecule has 1 aromatic heterocycles. The number of carbonyl (C=O) groups is 1. The molecule has 0 saturated heterocycles. The number of para-hydroxylation sites is 1. The number of carbonyl (C=O) groups excluding carboxylic acids is 1. The van der Waals surface area contributed by atoms with Crippen LogP contribution in [0.1, 0.15) is 18.5 Å². The smallest absolute Gasteiger partial charge is 0.232 e. The number of hydrogen-bond donors (Lipinski definition) is 2. The zero-order chi connectivity index (χ0) is 19.7. The summed E-state index contributed by atoms with van der Waals surface area (Å²) in [7, 11) is 0. The van der Waals surface area contributed by atoms with E-state index in [4.69, 9.17) is 0 Å². The molecule has 1 amide bonds. The fraction of sp³-hybridized carbons (Fsp3) is 0.250. The number of rotatable bonds is 4. The van der Waals surface area contributed by atoms with E-state index >= 15 is 0 Å². The van der Waals surface area contributed by atoms with Crippen LogP contribution in [0.4, 0.5) is 16.0 Å². The molecule has 0 spiro atoms. The maximum atomic E-state index is 13.5. The number of benzene rings is 2. The highest BCUT2D eigenvalue weighted by Crippen LogP contribution is 2.37. The summed E-state index contributed by atoms with van der Waals surface area (Å²) in [4.78, 5) is 17.7. The van der Waals surface area contributed by atoms with Crippen molar-refractivity contribution in [2.45, 2.75) is 24.2 Å². The molecule has 2 aromatic carbocycles. The van der Waals surface area contributed by atoms with Gasteiger partial charge < -0.3 is 10.6 Å². The first-order chi connectivity index (χ1) is 13.6. The van der Waals surface area contributed by atoms with Crippen LogP contribution in [0.5, 0.6) is 0 Å². The monoisotopic (exact) mass is 397 g/mol. The minimum atomic E-state index is -0.463. The molecule has 0 bridgehead atoms. The van der Waals surface area contributed by atoms with Crippen LogP contribution in [0.3, 0.4) is 0 Å². The van der Waals surface area contributed by atoms with Crippen LogP contribution in [-0.4, -0.2) is 33.0 Å². The third kappa shape index (κ3) is 3.47. The van der Waals surface area contributed by atoms with Gasteiger partial charge in [0.05, 0.1) is 12.0 Å². The lowest BCUT2D eigenvalue weighted by Crippen LogP contribution is -2.46. The lowest BCUT2D eigenvalue weighted by Gasteiger charge is -2.36. The molecular weight excluding hydrogens is 377 g/mol. The second kappa shape index (κ2) is 7.63. The third-order valence-corrected chi connectivity index (χ3v) is 5.39. The van der Waals surface area contributed by atoms with E-state index in [1.807, 2.05) is 43.5 Å². The average Bonchev–Trinajstić information content (AvgIpc) is 3.11. The molecule has 4 rings (SSSR count). The number of hydrogen-bond acceptors (Lipinski definition) is 5. The maximum absolute atomic E-state index is 13.5. The van der Waals surface area contributed by atoms with Crippen molar-refractivity contribution in [3.8, 4) is 0 Å². The Balaban J connectivity index is 1.76. The van der Waals surface area contributed by atoms with Crippen molar-refractivity contribution in [1.29, 1.82) is 0 Å². The Morgan fingerprint density at radius 1 is 1.18 bits per heavy atom. The molecule has 3 aromatic rings. The molecule has 0 fully saturated rings. The van der Waals surface area contributed by atoms with Crippen molar-refractivity contribution in [2.75, 3.05) is 16.9 Å². The summed E-state index contributed by atoms with van der Waals surface area (Å²) in [6.07, 6.45) is 1.90. The molecule has 0 saturated carbocycles. The van der Waals surface area contributed by atoms with Gasteiger partial charge in [-0.15, -0.1) is 5.10 Å². The van der Waals surface area contributed by atoms with Crippen molar-refractivity contribution in [3.63, 3.8) is 0 Å². The molecule has 0 radical (unpaired) electrons. The number of amides is 1. The van der Waals surface area contributed by atoms with E-state index in [1.54, 1.807) is 16.8 Å². The average molecular weight is 397 g/mol. The molecule has 1 aliphatic rings. The van der Waals surface area contributed by atoms with E-state index < -0.39 is 12.0 Å². The van der Waals surface area contributed by atoms with Crippen LogP contribution >= 0.6 is 11.8 Å². The minimum Gasteiger partial charge on any atom is -0.351 e. The summed E-state index contributed by atoms with van der Waals surface area (Å²) in [5, 5.41) is 11.4. The topological polar surface area (TPSA) is 71.8 Å². The van der Waals surface area contributed by atoms with Crippen molar-refractivity contribution in [1.82, 2.24) is 14.8 Å². The van der Waals surface area contributed by atoms with Crippen molar-refractivity contribution in [3.05, 3.63) is 66.0 Å². The van der Waals surface area contributed by atoms with Crippen molar-refractivity contribution >= 4 is 29.3 Å².